The van der Waals surface area contributed by atoms with Crippen LogP contribution in [0.25, 0.3) is 0 Å². The largest absolute Gasteiger partial charge is 0.573 e. The first kappa shape index (κ1) is 16.6. The van der Waals surface area contributed by atoms with E-state index in [2.05, 4.69) is 14.6 Å². The van der Waals surface area contributed by atoms with Crippen molar-refractivity contribution in [1.82, 2.24) is 9.88 Å². The number of benzene rings is 1. The third kappa shape index (κ3) is 3.97. The fourth-order valence-electron chi connectivity index (χ4n) is 2.45. The van der Waals surface area contributed by atoms with Gasteiger partial charge in [0.05, 0.1) is 0 Å². The topological polar surface area (TPSA) is 45.7 Å². The molecule has 1 fully saturated rings. The van der Waals surface area contributed by atoms with Crippen LogP contribution < -0.4 is 9.64 Å². The van der Waals surface area contributed by atoms with Crippen LogP contribution in [0, 0.1) is 0 Å². The lowest BCUT2D eigenvalue weighted by Gasteiger charge is -2.34. The molecular formula is C15H14F3N3O2S. The van der Waals surface area contributed by atoms with Gasteiger partial charge in [0.25, 0.3) is 5.91 Å². The number of hydrogen-bond donors (Lipinski definition) is 0. The number of alkyl halides is 3. The van der Waals surface area contributed by atoms with Crippen LogP contribution in [-0.2, 0) is 0 Å². The number of ether oxygens (including phenoxy) is 1. The number of piperazine rings is 1. The van der Waals surface area contributed by atoms with Gasteiger partial charge in [0.2, 0.25) is 0 Å². The summed E-state index contributed by atoms with van der Waals surface area (Å²) in [6.07, 6.45) is -3.00. The number of rotatable bonds is 3. The van der Waals surface area contributed by atoms with Crippen LogP contribution in [0.5, 0.6) is 5.75 Å². The van der Waals surface area contributed by atoms with E-state index in [9.17, 15) is 18.0 Å². The number of aromatic nitrogens is 1. The average Bonchev–Trinajstić information content (AvgIpc) is 3.08. The van der Waals surface area contributed by atoms with E-state index >= 15 is 0 Å². The van der Waals surface area contributed by atoms with Crippen molar-refractivity contribution in [2.24, 2.45) is 0 Å². The molecule has 1 amide bonds. The molecule has 1 aliphatic heterocycles. The summed E-state index contributed by atoms with van der Waals surface area (Å²) in [6.45, 7) is 2.43. The molecule has 0 radical (unpaired) electrons. The van der Waals surface area contributed by atoms with Gasteiger partial charge in [-0.2, -0.15) is 0 Å². The minimum absolute atomic E-state index is 0.202. The molecule has 24 heavy (non-hydrogen) atoms. The normalized spacial score (nSPS) is 15.5. The molecule has 1 saturated heterocycles. The van der Waals surface area contributed by atoms with Gasteiger partial charge in [-0.1, -0.05) is 0 Å². The second kappa shape index (κ2) is 6.68. The van der Waals surface area contributed by atoms with Crippen LogP contribution in [0.3, 0.4) is 0 Å². The quantitative estimate of drug-likeness (QED) is 0.847. The van der Waals surface area contributed by atoms with E-state index in [0.717, 1.165) is 17.3 Å². The van der Waals surface area contributed by atoms with E-state index in [4.69, 9.17) is 0 Å². The number of halogens is 3. The van der Waals surface area contributed by atoms with Crippen molar-refractivity contribution in [3.8, 4) is 5.75 Å². The number of nitrogens with zero attached hydrogens (tertiary/aromatic N) is 3. The third-order valence-electron chi connectivity index (χ3n) is 3.59. The smallest absolute Gasteiger partial charge is 0.406 e. The molecule has 0 N–H and O–H groups in total. The summed E-state index contributed by atoms with van der Waals surface area (Å²) in [4.78, 5) is 20.5. The van der Waals surface area contributed by atoms with Gasteiger partial charge in [-0.25, -0.2) is 4.98 Å². The van der Waals surface area contributed by atoms with Crippen molar-refractivity contribution >= 4 is 22.4 Å². The predicted octanol–water partition coefficient (Wildman–Crippen LogP) is 3.00. The minimum atomic E-state index is -4.74. The van der Waals surface area contributed by atoms with Crippen molar-refractivity contribution in [2.75, 3.05) is 31.1 Å². The number of anilines is 1. The molecule has 128 valence electrons. The molecule has 5 nitrogen and oxygen atoms in total. The number of carbonyl (C=O) groups is 1. The van der Waals surface area contributed by atoms with Gasteiger partial charge in [-0.05, 0) is 24.3 Å². The molecule has 2 heterocycles. The van der Waals surface area contributed by atoms with Gasteiger partial charge in [0.15, 0.2) is 5.13 Å². The molecule has 1 aromatic heterocycles. The van der Waals surface area contributed by atoms with Crippen molar-refractivity contribution in [1.29, 1.82) is 0 Å². The zero-order valence-corrected chi connectivity index (χ0v) is 13.3. The highest BCUT2D eigenvalue weighted by Crippen LogP contribution is 2.24. The Kier molecular flexibility index (Phi) is 4.61. The lowest BCUT2D eigenvalue weighted by atomic mass is 10.1. The lowest BCUT2D eigenvalue weighted by molar-refractivity contribution is -0.274. The van der Waals surface area contributed by atoms with Crippen molar-refractivity contribution in [2.45, 2.75) is 6.36 Å². The monoisotopic (exact) mass is 357 g/mol. The SMILES string of the molecule is O=C(c1ccc(OC(F)(F)F)cc1)N1CCN(c2nccs2)CC1. The fourth-order valence-corrected chi connectivity index (χ4v) is 3.15. The summed E-state index contributed by atoms with van der Waals surface area (Å²) in [5, 5.41) is 2.83. The molecule has 1 aliphatic rings. The summed E-state index contributed by atoms with van der Waals surface area (Å²) in [5.41, 5.74) is 0.340. The lowest BCUT2D eigenvalue weighted by Crippen LogP contribution is -2.48. The van der Waals surface area contributed by atoms with E-state index in [1.54, 1.807) is 22.4 Å². The van der Waals surface area contributed by atoms with Crippen LogP contribution >= 0.6 is 11.3 Å². The Hall–Kier alpha value is -2.29. The van der Waals surface area contributed by atoms with Crippen LogP contribution in [0.4, 0.5) is 18.3 Å². The van der Waals surface area contributed by atoms with Crippen molar-refractivity contribution in [3.05, 3.63) is 41.4 Å². The van der Waals surface area contributed by atoms with Gasteiger partial charge in [-0.3, -0.25) is 4.79 Å². The van der Waals surface area contributed by atoms with Crippen LogP contribution in [-0.4, -0.2) is 48.3 Å². The summed E-state index contributed by atoms with van der Waals surface area (Å²) < 4.78 is 40.2. The van der Waals surface area contributed by atoms with Gasteiger partial charge in [0, 0.05) is 43.3 Å². The molecule has 1 aromatic carbocycles. The number of hydrogen-bond acceptors (Lipinski definition) is 5. The van der Waals surface area contributed by atoms with Crippen LogP contribution in [0.1, 0.15) is 10.4 Å². The molecule has 3 rings (SSSR count). The minimum Gasteiger partial charge on any atom is -0.406 e. The zero-order chi connectivity index (χ0) is 17.2. The van der Waals surface area contributed by atoms with E-state index < -0.39 is 6.36 Å². The van der Waals surface area contributed by atoms with Gasteiger partial charge in [-0.15, -0.1) is 24.5 Å². The molecule has 0 atom stereocenters. The highest BCUT2D eigenvalue weighted by Gasteiger charge is 2.31. The Morgan fingerprint density at radius 3 is 2.33 bits per heavy atom. The Bertz CT molecular complexity index is 681. The number of thiazole rings is 1. The van der Waals surface area contributed by atoms with Crippen molar-refractivity contribution < 1.29 is 22.7 Å². The maximum atomic E-state index is 12.4. The van der Waals surface area contributed by atoms with E-state index in [-0.39, 0.29) is 11.7 Å². The summed E-state index contributed by atoms with van der Waals surface area (Å²) in [6, 6.07) is 4.98. The molecule has 0 bridgehead atoms. The molecule has 0 unspecified atom stereocenters. The van der Waals surface area contributed by atoms with Gasteiger partial charge < -0.3 is 14.5 Å². The average molecular weight is 357 g/mol. The van der Waals surface area contributed by atoms with E-state index in [1.165, 1.54) is 12.1 Å². The molecule has 9 heteroatoms. The van der Waals surface area contributed by atoms with Gasteiger partial charge in [0.1, 0.15) is 5.75 Å². The Balaban J connectivity index is 1.59. The number of amides is 1. The summed E-state index contributed by atoms with van der Waals surface area (Å²) in [7, 11) is 0. The second-order valence-electron chi connectivity index (χ2n) is 5.17. The molecule has 0 saturated carbocycles. The molecule has 0 spiro atoms. The first-order chi connectivity index (χ1) is 11.4. The zero-order valence-electron chi connectivity index (χ0n) is 12.5. The summed E-state index contributed by atoms with van der Waals surface area (Å²) >= 11 is 1.55. The van der Waals surface area contributed by atoms with E-state index in [1.807, 2.05) is 5.38 Å². The highest BCUT2D eigenvalue weighted by molar-refractivity contribution is 7.13. The fraction of sp³-hybridized carbons (Fsp3) is 0.333. The van der Waals surface area contributed by atoms with E-state index in [0.29, 0.717) is 31.7 Å². The molecule has 0 aliphatic carbocycles. The maximum Gasteiger partial charge on any atom is 0.573 e. The van der Waals surface area contributed by atoms with Crippen molar-refractivity contribution in [3.63, 3.8) is 0 Å². The Morgan fingerprint density at radius 2 is 1.79 bits per heavy atom. The maximum absolute atomic E-state index is 12.4. The first-order valence-corrected chi connectivity index (χ1v) is 8.10. The predicted molar refractivity (Wildman–Crippen MR) is 83.4 cm³/mol. The van der Waals surface area contributed by atoms with Crippen LogP contribution in [0.15, 0.2) is 35.8 Å². The Morgan fingerprint density at radius 1 is 1.12 bits per heavy atom. The van der Waals surface area contributed by atoms with Crippen LogP contribution in [0.2, 0.25) is 0 Å². The highest BCUT2D eigenvalue weighted by atomic mass is 32.1. The Labute approximate surface area is 140 Å². The third-order valence-corrected chi connectivity index (χ3v) is 4.42. The number of carbonyl (C=O) groups excluding carboxylic acids is 1. The second-order valence-corrected chi connectivity index (χ2v) is 6.04. The first-order valence-electron chi connectivity index (χ1n) is 7.22. The van der Waals surface area contributed by atoms with Gasteiger partial charge >= 0.3 is 6.36 Å². The summed E-state index contributed by atoms with van der Waals surface area (Å²) in [5.74, 6) is -0.542. The molecule has 2 aromatic rings. The molecular weight excluding hydrogens is 343 g/mol. The standard InChI is InChI=1S/C15H14F3N3O2S/c16-15(17,18)23-12-3-1-11(2-4-12)13(22)20-6-8-21(9-7-20)14-19-5-10-24-14/h1-5,10H,6-9H2.